The van der Waals surface area contributed by atoms with E-state index in [1.54, 1.807) is 11.3 Å². The monoisotopic (exact) mass is 322 g/mol. The summed E-state index contributed by atoms with van der Waals surface area (Å²) in [5.74, 6) is 0.718. The number of hydrogen-bond acceptors (Lipinski definition) is 4. The molecule has 1 aromatic heterocycles. The zero-order chi connectivity index (χ0) is 15.4. The Labute approximate surface area is 136 Å². The molecule has 3 rings (SSSR count). The van der Waals surface area contributed by atoms with Crippen molar-refractivity contribution in [3.8, 4) is 0 Å². The third-order valence-corrected chi connectivity index (χ3v) is 5.89. The van der Waals surface area contributed by atoms with Crippen LogP contribution in [-0.4, -0.2) is 35.0 Å². The number of carbonyl (C=O) groups excluding carboxylic acids is 1. The standard InChI is InChI=1S/C17H26N2O2S/c1-13-6-2-3-8-15(13)21-12-16(20)19-10-5-4-7-14(19)17-18-9-11-22-17/h9,11,13-15H,2-8,10,12H2,1H3/t13-,14-,15-/m1/s1. The lowest BCUT2D eigenvalue weighted by atomic mass is 9.88. The minimum absolute atomic E-state index is 0.137. The minimum Gasteiger partial charge on any atom is -0.368 e. The van der Waals surface area contributed by atoms with E-state index in [9.17, 15) is 4.79 Å². The molecule has 1 aliphatic carbocycles. The zero-order valence-corrected chi connectivity index (χ0v) is 14.2. The first kappa shape index (κ1) is 15.9. The SMILES string of the molecule is C[C@@H]1CCCC[C@H]1OCC(=O)N1CCCC[C@@H]1c1nccs1. The molecule has 1 amide bonds. The van der Waals surface area contributed by atoms with Crippen LogP contribution in [0.5, 0.6) is 0 Å². The molecule has 1 saturated carbocycles. The number of rotatable bonds is 4. The summed E-state index contributed by atoms with van der Waals surface area (Å²) in [4.78, 5) is 19.0. The summed E-state index contributed by atoms with van der Waals surface area (Å²) in [6.45, 7) is 3.32. The Hall–Kier alpha value is -0.940. The molecule has 22 heavy (non-hydrogen) atoms. The van der Waals surface area contributed by atoms with Gasteiger partial charge in [-0.1, -0.05) is 19.8 Å². The molecule has 2 heterocycles. The van der Waals surface area contributed by atoms with Crippen LogP contribution in [0.25, 0.3) is 0 Å². The van der Waals surface area contributed by atoms with Crippen LogP contribution in [-0.2, 0) is 9.53 Å². The molecule has 1 saturated heterocycles. The zero-order valence-electron chi connectivity index (χ0n) is 13.4. The van der Waals surface area contributed by atoms with E-state index >= 15 is 0 Å². The van der Waals surface area contributed by atoms with Crippen molar-refractivity contribution in [3.05, 3.63) is 16.6 Å². The molecule has 0 aromatic carbocycles. The fourth-order valence-corrected chi connectivity index (χ4v) is 4.46. The van der Waals surface area contributed by atoms with E-state index in [1.165, 1.54) is 25.7 Å². The van der Waals surface area contributed by atoms with Crippen molar-refractivity contribution >= 4 is 17.2 Å². The normalized spacial score (nSPS) is 29.5. The Morgan fingerprint density at radius 1 is 1.32 bits per heavy atom. The number of nitrogens with zero attached hydrogens (tertiary/aromatic N) is 2. The second kappa shape index (κ2) is 7.55. The van der Waals surface area contributed by atoms with Crippen molar-refractivity contribution in [2.45, 2.75) is 64.0 Å². The van der Waals surface area contributed by atoms with Gasteiger partial charge in [-0.3, -0.25) is 4.79 Å². The number of thiazole rings is 1. The highest BCUT2D eigenvalue weighted by Crippen LogP contribution is 2.32. The van der Waals surface area contributed by atoms with Gasteiger partial charge in [0.05, 0.1) is 12.1 Å². The maximum Gasteiger partial charge on any atom is 0.249 e. The summed E-state index contributed by atoms with van der Waals surface area (Å²) >= 11 is 1.65. The van der Waals surface area contributed by atoms with Gasteiger partial charge in [-0.25, -0.2) is 4.98 Å². The van der Waals surface area contributed by atoms with E-state index < -0.39 is 0 Å². The Bertz CT molecular complexity index is 477. The Morgan fingerprint density at radius 3 is 2.91 bits per heavy atom. The van der Waals surface area contributed by atoms with E-state index in [-0.39, 0.29) is 24.7 Å². The number of piperidine rings is 1. The van der Waals surface area contributed by atoms with Gasteiger partial charge in [-0.2, -0.15) is 0 Å². The molecule has 122 valence electrons. The second-order valence-corrected chi connectivity index (χ2v) is 7.51. The smallest absolute Gasteiger partial charge is 0.249 e. The molecular formula is C17H26N2O2S. The van der Waals surface area contributed by atoms with Crippen LogP contribution in [0.1, 0.15) is 62.9 Å². The van der Waals surface area contributed by atoms with Gasteiger partial charge in [0.2, 0.25) is 5.91 Å². The molecule has 0 bridgehead atoms. The predicted octanol–water partition coefficient (Wildman–Crippen LogP) is 3.79. The van der Waals surface area contributed by atoms with Gasteiger partial charge >= 0.3 is 0 Å². The first-order valence-electron chi connectivity index (χ1n) is 8.56. The molecule has 5 heteroatoms. The van der Waals surface area contributed by atoms with E-state index in [1.807, 2.05) is 16.5 Å². The fraction of sp³-hybridized carbons (Fsp3) is 0.765. The number of carbonyl (C=O) groups is 1. The van der Waals surface area contributed by atoms with Crippen molar-refractivity contribution in [2.24, 2.45) is 5.92 Å². The molecule has 0 N–H and O–H groups in total. The van der Waals surface area contributed by atoms with Crippen molar-refractivity contribution in [1.82, 2.24) is 9.88 Å². The average molecular weight is 322 g/mol. The van der Waals surface area contributed by atoms with Gasteiger partial charge in [0.1, 0.15) is 11.6 Å². The molecule has 0 radical (unpaired) electrons. The Balaban J connectivity index is 1.57. The Morgan fingerprint density at radius 2 is 2.14 bits per heavy atom. The van der Waals surface area contributed by atoms with E-state index in [0.29, 0.717) is 5.92 Å². The lowest BCUT2D eigenvalue weighted by molar-refractivity contribution is -0.144. The van der Waals surface area contributed by atoms with Gasteiger partial charge < -0.3 is 9.64 Å². The number of likely N-dealkylation sites (tertiary alicyclic amines) is 1. The highest BCUT2D eigenvalue weighted by Gasteiger charge is 2.30. The van der Waals surface area contributed by atoms with E-state index in [2.05, 4.69) is 11.9 Å². The topological polar surface area (TPSA) is 42.4 Å². The van der Waals surface area contributed by atoms with Crippen LogP contribution in [0.15, 0.2) is 11.6 Å². The van der Waals surface area contributed by atoms with E-state index in [0.717, 1.165) is 30.8 Å². The van der Waals surface area contributed by atoms with Crippen LogP contribution in [0.3, 0.4) is 0 Å². The number of hydrogen-bond donors (Lipinski definition) is 0. The van der Waals surface area contributed by atoms with Crippen LogP contribution in [0.2, 0.25) is 0 Å². The van der Waals surface area contributed by atoms with Gasteiger partial charge in [0, 0.05) is 18.1 Å². The first-order chi connectivity index (χ1) is 10.8. The Kier molecular flexibility index (Phi) is 5.47. The summed E-state index contributed by atoms with van der Waals surface area (Å²) in [6, 6.07) is 0.161. The van der Waals surface area contributed by atoms with Gasteiger partial charge in [0.25, 0.3) is 0 Å². The van der Waals surface area contributed by atoms with E-state index in [4.69, 9.17) is 4.74 Å². The minimum atomic E-state index is 0.137. The molecule has 0 spiro atoms. The summed E-state index contributed by atoms with van der Waals surface area (Å²) in [7, 11) is 0. The highest BCUT2D eigenvalue weighted by molar-refractivity contribution is 7.09. The molecule has 2 aliphatic rings. The molecule has 1 aliphatic heterocycles. The molecule has 2 fully saturated rings. The van der Waals surface area contributed by atoms with Gasteiger partial charge in [-0.05, 0) is 38.0 Å². The second-order valence-electron chi connectivity index (χ2n) is 6.58. The van der Waals surface area contributed by atoms with Crippen LogP contribution in [0, 0.1) is 5.92 Å². The number of amides is 1. The van der Waals surface area contributed by atoms with Crippen molar-refractivity contribution in [1.29, 1.82) is 0 Å². The van der Waals surface area contributed by atoms with Crippen molar-refractivity contribution < 1.29 is 9.53 Å². The lowest BCUT2D eigenvalue weighted by Crippen LogP contribution is -2.41. The fourth-order valence-electron chi connectivity index (χ4n) is 3.68. The molecular weight excluding hydrogens is 296 g/mol. The van der Waals surface area contributed by atoms with Crippen LogP contribution >= 0.6 is 11.3 Å². The van der Waals surface area contributed by atoms with Crippen molar-refractivity contribution in [3.63, 3.8) is 0 Å². The van der Waals surface area contributed by atoms with Gasteiger partial charge in [0.15, 0.2) is 0 Å². The molecule has 4 nitrogen and oxygen atoms in total. The van der Waals surface area contributed by atoms with Crippen LogP contribution < -0.4 is 0 Å². The summed E-state index contributed by atoms with van der Waals surface area (Å²) in [5, 5.41) is 3.06. The predicted molar refractivity (Wildman–Crippen MR) is 87.8 cm³/mol. The van der Waals surface area contributed by atoms with Crippen molar-refractivity contribution in [2.75, 3.05) is 13.2 Å². The number of aromatic nitrogens is 1. The highest BCUT2D eigenvalue weighted by atomic mass is 32.1. The quantitative estimate of drug-likeness (QED) is 0.847. The summed E-state index contributed by atoms with van der Waals surface area (Å²) < 4.78 is 5.97. The third-order valence-electron chi connectivity index (χ3n) is 5.01. The first-order valence-corrected chi connectivity index (χ1v) is 9.44. The maximum atomic E-state index is 12.6. The lowest BCUT2D eigenvalue weighted by Gasteiger charge is -2.35. The van der Waals surface area contributed by atoms with Gasteiger partial charge in [-0.15, -0.1) is 11.3 Å². The average Bonchev–Trinajstić information content (AvgIpc) is 3.08. The molecule has 1 aromatic rings. The molecule has 3 atom stereocenters. The third kappa shape index (κ3) is 3.69. The largest absolute Gasteiger partial charge is 0.368 e. The maximum absolute atomic E-state index is 12.6. The molecule has 0 unspecified atom stereocenters. The summed E-state index contributed by atoms with van der Waals surface area (Å²) in [5.41, 5.74) is 0. The summed E-state index contributed by atoms with van der Waals surface area (Å²) in [6.07, 6.45) is 10.2. The van der Waals surface area contributed by atoms with Crippen LogP contribution in [0.4, 0.5) is 0 Å². The number of ether oxygens (including phenoxy) is 1.